The van der Waals surface area contributed by atoms with Crippen molar-refractivity contribution in [2.45, 2.75) is 72.9 Å². The molecule has 0 unspecified atom stereocenters. The molecule has 0 aliphatic heterocycles. The summed E-state index contributed by atoms with van der Waals surface area (Å²) in [5, 5.41) is 13.9. The predicted molar refractivity (Wildman–Crippen MR) is 123 cm³/mol. The molecule has 0 amide bonds. The number of carbonyl (C=O) groups excluding carboxylic acids is 1. The minimum Gasteiger partial charge on any atom is -0.508 e. The second-order valence-corrected chi connectivity index (χ2v) is 11.0. The van der Waals surface area contributed by atoms with Gasteiger partial charge in [0.15, 0.2) is 5.78 Å². The average Bonchev–Trinajstić information content (AvgIpc) is 3.19. The van der Waals surface area contributed by atoms with Gasteiger partial charge in [0, 0.05) is 36.0 Å². The first-order chi connectivity index (χ1) is 14.6. The monoisotopic (exact) mass is 423 g/mol. The van der Waals surface area contributed by atoms with Gasteiger partial charge in [-0.25, -0.2) is 4.98 Å². The zero-order chi connectivity index (χ0) is 22.4. The molecule has 31 heavy (non-hydrogen) atoms. The van der Waals surface area contributed by atoms with Gasteiger partial charge in [0.25, 0.3) is 0 Å². The molecular weight excluding hydrogens is 386 g/mol. The van der Waals surface area contributed by atoms with Gasteiger partial charge in [-0.05, 0) is 72.6 Å². The highest BCUT2D eigenvalue weighted by atomic mass is 16.3. The number of hydrogen-bond acceptors (Lipinski definition) is 4. The molecule has 0 spiro atoms. The van der Waals surface area contributed by atoms with Crippen molar-refractivity contribution in [2.24, 2.45) is 28.6 Å². The number of ketones is 1. The minimum absolute atomic E-state index is 0.0379. The minimum atomic E-state index is -0.0775. The summed E-state index contributed by atoms with van der Waals surface area (Å²) in [7, 11) is 0. The Morgan fingerprint density at radius 3 is 2.71 bits per heavy atom. The smallest absolute Gasteiger partial charge is 0.166 e. The van der Waals surface area contributed by atoms with Crippen LogP contribution < -0.4 is 5.32 Å². The number of hydrogen-bond donors (Lipinski definition) is 3. The number of fused-ring (bicyclic) bond motifs is 1. The Balaban J connectivity index is 1.70. The zero-order valence-electron chi connectivity index (χ0n) is 19.5. The van der Waals surface area contributed by atoms with Crippen molar-refractivity contribution in [1.29, 1.82) is 0 Å². The van der Waals surface area contributed by atoms with Crippen molar-refractivity contribution < 1.29 is 9.90 Å². The number of H-pyrrole nitrogens is 1. The molecule has 2 saturated carbocycles. The Morgan fingerprint density at radius 1 is 1.26 bits per heavy atom. The van der Waals surface area contributed by atoms with Crippen molar-refractivity contribution >= 4 is 5.78 Å². The Kier molecular flexibility index (Phi) is 5.76. The van der Waals surface area contributed by atoms with E-state index in [4.69, 9.17) is 0 Å². The molecule has 2 aromatic rings. The molecule has 0 radical (unpaired) electrons. The van der Waals surface area contributed by atoms with Gasteiger partial charge in [-0.1, -0.05) is 34.1 Å². The zero-order valence-corrected chi connectivity index (χ0v) is 19.5. The summed E-state index contributed by atoms with van der Waals surface area (Å²) in [6.45, 7) is 12.0. The van der Waals surface area contributed by atoms with Gasteiger partial charge in [-0.2, -0.15) is 0 Å². The van der Waals surface area contributed by atoms with Crippen molar-refractivity contribution in [2.75, 3.05) is 0 Å². The van der Waals surface area contributed by atoms with Gasteiger partial charge in [-0.15, -0.1) is 0 Å². The highest BCUT2D eigenvalue weighted by molar-refractivity contribution is 5.99. The largest absolute Gasteiger partial charge is 0.508 e. The molecule has 4 rings (SSSR count). The van der Waals surface area contributed by atoms with Crippen LogP contribution in [0.1, 0.15) is 75.0 Å². The molecule has 3 N–H and O–H groups in total. The molecule has 2 aliphatic carbocycles. The van der Waals surface area contributed by atoms with Crippen LogP contribution in [-0.2, 0) is 6.54 Å². The second-order valence-electron chi connectivity index (χ2n) is 11.0. The number of nitrogens with zero attached hydrogens (tertiary/aromatic N) is 1. The number of carbonyl (C=O) groups is 1. The summed E-state index contributed by atoms with van der Waals surface area (Å²) < 4.78 is 0. The number of benzene rings is 1. The molecule has 1 aromatic heterocycles. The molecular formula is C26H37N3O2. The van der Waals surface area contributed by atoms with E-state index < -0.39 is 0 Å². The van der Waals surface area contributed by atoms with Crippen LogP contribution in [0.25, 0.3) is 0 Å². The normalized spacial score (nSPS) is 32.4. The van der Waals surface area contributed by atoms with E-state index in [-0.39, 0.29) is 40.2 Å². The number of aromatic hydroxyl groups is 1. The number of aromatic nitrogens is 2. The number of imidazole rings is 1. The van der Waals surface area contributed by atoms with Crippen molar-refractivity contribution in [3.63, 3.8) is 0 Å². The summed E-state index contributed by atoms with van der Waals surface area (Å²) in [5.74, 6) is 0.951. The van der Waals surface area contributed by atoms with Crippen LogP contribution >= 0.6 is 0 Å². The van der Waals surface area contributed by atoms with Gasteiger partial charge in [0.2, 0.25) is 0 Å². The van der Waals surface area contributed by atoms with E-state index in [1.807, 2.05) is 19.2 Å². The molecule has 0 saturated heterocycles. The summed E-state index contributed by atoms with van der Waals surface area (Å²) in [4.78, 5) is 21.3. The van der Waals surface area contributed by atoms with E-state index in [0.717, 1.165) is 30.6 Å². The summed E-state index contributed by atoms with van der Waals surface area (Å²) >= 11 is 0. The van der Waals surface area contributed by atoms with Crippen molar-refractivity contribution in [1.82, 2.24) is 15.3 Å². The van der Waals surface area contributed by atoms with Crippen LogP contribution in [0.5, 0.6) is 5.75 Å². The maximum atomic E-state index is 14.0. The lowest BCUT2D eigenvalue weighted by atomic mass is 9.45. The molecule has 168 valence electrons. The molecule has 1 heterocycles. The fourth-order valence-electron chi connectivity index (χ4n) is 6.94. The highest BCUT2D eigenvalue weighted by Crippen LogP contribution is 2.61. The van der Waals surface area contributed by atoms with E-state index in [2.05, 4.69) is 43.0 Å². The Morgan fingerprint density at radius 2 is 2.03 bits per heavy atom. The van der Waals surface area contributed by atoms with E-state index >= 15 is 0 Å². The molecule has 1 aromatic carbocycles. The molecule has 5 nitrogen and oxygen atoms in total. The SMILES string of the molecule is Cc1cc(O)cc(C(=O)[C@H]2[C@H](C)[C@H](NCc3cnc[nH]3)C[C@H]3C(C)(C)CCC[C@]23C)c1. The van der Waals surface area contributed by atoms with Gasteiger partial charge in [0.05, 0.1) is 6.33 Å². The van der Waals surface area contributed by atoms with Crippen LogP contribution in [0.15, 0.2) is 30.7 Å². The lowest BCUT2D eigenvalue weighted by Crippen LogP contribution is -2.60. The van der Waals surface area contributed by atoms with Crippen LogP contribution in [0.4, 0.5) is 0 Å². The summed E-state index contributed by atoms with van der Waals surface area (Å²) in [6, 6.07) is 5.55. The van der Waals surface area contributed by atoms with Gasteiger partial charge < -0.3 is 15.4 Å². The van der Waals surface area contributed by atoms with Crippen LogP contribution in [0.2, 0.25) is 0 Å². The predicted octanol–water partition coefficient (Wildman–Crippen LogP) is 5.25. The van der Waals surface area contributed by atoms with Crippen molar-refractivity contribution in [3.8, 4) is 5.75 Å². The quantitative estimate of drug-likeness (QED) is 0.574. The maximum Gasteiger partial charge on any atom is 0.166 e. The second kappa shape index (κ2) is 8.09. The van der Waals surface area contributed by atoms with Gasteiger partial charge >= 0.3 is 0 Å². The third-order valence-corrected chi connectivity index (χ3v) is 8.38. The standard InChI is InChI=1S/C26H37N3O2/c1-16-9-18(11-20(30)10-16)24(31)23-17(2)21(28-14-19-13-27-15-29-19)12-22-25(3,4)7-6-8-26(22,23)5/h9-11,13,15,17,21-23,28,30H,6-8,12,14H2,1-5H3,(H,27,29)/t17-,21-,22+,23-,26+/m1/s1. The lowest BCUT2D eigenvalue weighted by molar-refractivity contribution is -0.0917. The van der Waals surface area contributed by atoms with E-state index in [1.165, 1.54) is 12.8 Å². The van der Waals surface area contributed by atoms with Gasteiger partial charge in [-0.3, -0.25) is 4.79 Å². The first-order valence-electron chi connectivity index (χ1n) is 11.7. The topological polar surface area (TPSA) is 78.0 Å². The lowest BCUT2D eigenvalue weighted by Gasteiger charge is -2.60. The van der Waals surface area contributed by atoms with E-state index in [9.17, 15) is 9.90 Å². The third kappa shape index (κ3) is 4.05. The first-order valence-corrected chi connectivity index (χ1v) is 11.7. The maximum absolute atomic E-state index is 14.0. The highest BCUT2D eigenvalue weighted by Gasteiger charge is 2.58. The Bertz CT molecular complexity index is 916. The number of phenols is 1. The van der Waals surface area contributed by atoms with Crippen LogP contribution in [0.3, 0.4) is 0 Å². The molecule has 2 fully saturated rings. The number of rotatable bonds is 5. The number of Topliss-reactive ketones (excluding diaryl/α,β-unsaturated/α-hetero) is 1. The fourth-order valence-corrected chi connectivity index (χ4v) is 6.94. The Hall–Kier alpha value is -2.14. The molecule has 2 aliphatic rings. The van der Waals surface area contributed by atoms with Crippen LogP contribution in [0, 0.1) is 35.5 Å². The van der Waals surface area contributed by atoms with Crippen molar-refractivity contribution in [3.05, 3.63) is 47.5 Å². The molecule has 5 heteroatoms. The summed E-state index contributed by atoms with van der Waals surface area (Å²) in [5.41, 5.74) is 2.80. The van der Waals surface area contributed by atoms with Gasteiger partial charge in [0.1, 0.15) is 5.75 Å². The van der Waals surface area contributed by atoms with E-state index in [0.29, 0.717) is 11.5 Å². The summed E-state index contributed by atoms with van der Waals surface area (Å²) in [6.07, 6.45) is 8.11. The third-order valence-electron chi connectivity index (χ3n) is 8.38. The van der Waals surface area contributed by atoms with Crippen LogP contribution in [-0.4, -0.2) is 26.9 Å². The average molecular weight is 424 g/mol. The number of nitrogens with one attached hydrogen (secondary N) is 2. The molecule has 5 atom stereocenters. The number of aromatic amines is 1. The number of aryl methyl sites for hydroxylation is 1. The number of phenolic OH excluding ortho intramolecular Hbond substituents is 1. The Labute approximate surface area is 186 Å². The first kappa shape index (κ1) is 22.1. The molecule has 0 bridgehead atoms. The van der Waals surface area contributed by atoms with E-state index in [1.54, 1.807) is 18.5 Å². The fraction of sp³-hybridized carbons (Fsp3) is 0.615.